The van der Waals surface area contributed by atoms with Crippen LogP contribution < -0.4 is 0 Å². The van der Waals surface area contributed by atoms with Crippen molar-refractivity contribution in [2.75, 3.05) is 0 Å². The Hall–Kier alpha value is -1.56. The zero-order chi connectivity index (χ0) is 11.7. The highest BCUT2D eigenvalue weighted by atomic mass is 35.5. The first-order valence-corrected chi connectivity index (χ1v) is 4.76. The van der Waals surface area contributed by atoms with Crippen LogP contribution in [0.5, 0.6) is 0 Å². The first-order chi connectivity index (χ1) is 7.63. The predicted molar refractivity (Wildman–Crippen MR) is 50.8 cm³/mol. The Bertz CT molecular complexity index is 503. The van der Waals surface area contributed by atoms with E-state index in [1.807, 2.05) is 0 Å². The van der Waals surface area contributed by atoms with Crippen molar-refractivity contribution >= 4 is 11.6 Å². The van der Waals surface area contributed by atoms with Crippen molar-refractivity contribution in [2.24, 2.45) is 0 Å². The first kappa shape index (κ1) is 10.9. The van der Waals surface area contributed by atoms with Crippen molar-refractivity contribution in [1.29, 1.82) is 0 Å². The summed E-state index contributed by atoms with van der Waals surface area (Å²) >= 11 is 5.55. The standard InChI is InChI=1S/C9H5ClF3N3/c10-3-8-14-4-15-16(8)5-1-6(11)9(13)7(12)2-5/h1-2,4H,3H2. The van der Waals surface area contributed by atoms with Crippen molar-refractivity contribution in [3.05, 3.63) is 41.7 Å². The van der Waals surface area contributed by atoms with E-state index in [0.717, 1.165) is 16.8 Å². The lowest BCUT2D eigenvalue weighted by atomic mass is 10.3. The monoisotopic (exact) mass is 247 g/mol. The molecule has 0 saturated heterocycles. The Morgan fingerprint density at radius 2 is 1.81 bits per heavy atom. The zero-order valence-electron chi connectivity index (χ0n) is 7.79. The zero-order valence-corrected chi connectivity index (χ0v) is 8.55. The number of nitrogens with zero attached hydrogens (tertiary/aromatic N) is 3. The second-order valence-corrected chi connectivity index (χ2v) is 3.21. The maximum Gasteiger partial charge on any atom is 0.194 e. The van der Waals surface area contributed by atoms with Crippen LogP contribution in [-0.4, -0.2) is 14.8 Å². The molecule has 0 saturated carbocycles. The molecule has 0 amide bonds. The molecular weight excluding hydrogens is 243 g/mol. The second-order valence-electron chi connectivity index (χ2n) is 2.95. The summed E-state index contributed by atoms with van der Waals surface area (Å²) in [4.78, 5) is 3.77. The third-order valence-electron chi connectivity index (χ3n) is 1.95. The second kappa shape index (κ2) is 4.13. The fraction of sp³-hybridized carbons (Fsp3) is 0.111. The summed E-state index contributed by atoms with van der Waals surface area (Å²) in [5.41, 5.74) is 0.0320. The molecule has 7 heteroatoms. The molecular formula is C9H5ClF3N3. The summed E-state index contributed by atoms with van der Waals surface area (Å²) in [7, 11) is 0. The van der Waals surface area contributed by atoms with Crippen LogP contribution in [0.1, 0.15) is 5.82 Å². The minimum atomic E-state index is -1.52. The number of hydrogen-bond acceptors (Lipinski definition) is 2. The average molecular weight is 248 g/mol. The van der Waals surface area contributed by atoms with E-state index in [2.05, 4.69) is 10.1 Å². The summed E-state index contributed by atoms with van der Waals surface area (Å²) in [6, 6.07) is 1.65. The van der Waals surface area contributed by atoms with Gasteiger partial charge >= 0.3 is 0 Å². The highest BCUT2D eigenvalue weighted by Crippen LogP contribution is 2.17. The van der Waals surface area contributed by atoms with Gasteiger partial charge in [-0.15, -0.1) is 11.6 Å². The number of halogens is 4. The summed E-state index contributed by atoms with van der Waals surface area (Å²) < 4.78 is 39.8. The topological polar surface area (TPSA) is 30.7 Å². The Morgan fingerprint density at radius 3 is 2.38 bits per heavy atom. The van der Waals surface area contributed by atoms with E-state index in [-0.39, 0.29) is 11.6 Å². The van der Waals surface area contributed by atoms with Gasteiger partial charge in [-0.3, -0.25) is 0 Å². The Balaban J connectivity index is 2.57. The third-order valence-corrected chi connectivity index (χ3v) is 2.19. The molecule has 0 fully saturated rings. The van der Waals surface area contributed by atoms with Crippen LogP contribution in [0.3, 0.4) is 0 Å². The summed E-state index contributed by atoms with van der Waals surface area (Å²) in [5.74, 6) is -3.75. The van der Waals surface area contributed by atoms with E-state index in [1.165, 1.54) is 6.33 Å². The van der Waals surface area contributed by atoms with Crippen molar-refractivity contribution < 1.29 is 13.2 Å². The predicted octanol–water partition coefficient (Wildman–Crippen LogP) is 2.42. The molecule has 16 heavy (non-hydrogen) atoms. The van der Waals surface area contributed by atoms with Gasteiger partial charge < -0.3 is 0 Å². The number of benzene rings is 1. The Morgan fingerprint density at radius 1 is 1.19 bits per heavy atom. The fourth-order valence-corrected chi connectivity index (χ4v) is 1.42. The molecule has 0 atom stereocenters. The van der Waals surface area contributed by atoms with Gasteiger partial charge in [-0.1, -0.05) is 0 Å². The van der Waals surface area contributed by atoms with Gasteiger partial charge in [0.15, 0.2) is 17.5 Å². The van der Waals surface area contributed by atoms with Gasteiger partial charge in [0.05, 0.1) is 11.6 Å². The SMILES string of the molecule is Fc1cc(-n2ncnc2CCl)cc(F)c1F. The lowest BCUT2D eigenvalue weighted by Crippen LogP contribution is -2.04. The van der Waals surface area contributed by atoms with Crippen LogP contribution in [0, 0.1) is 17.5 Å². The molecule has 1 aromatic heterocycles. The van der Waals surface area contributed by atoms with Crippen LogP contribution in [0.2, 0.25) is 0 Å². The summed E-state index contributed by atoms with van der Waals surface area (Å²) in [6.07, 6.45) is 1.19. The molecule has 1 heterocycles. The molecule has 84 valence electrons. The van der Waals surface area contributed by atoms with Gasteiger partial charge in [0.2, 0.25) is 0 Å². The summed E-state index contributed by atoms with van der Waals surface area (Å²) in [6.45, 7) is 0. The molecule has 2 rings (SSSR count). The minimum absolute atomic E-state index is 0.0284. The molecule has 0 aliphatic rings. The molecule has 1 aromatic carbocycles. The van der Waals surface area contributed by atoms with Crippen molar-refractivity contribution in [1.82, 2.24) is 14.8 Å². The van der Waals surface area contributed by atoms with E-state index in [4.69, 9.17) is 11.6 Å². The van der Waals surface area contributed by atoms with Gasteiger partial charge in [0, 0.05) is 12.1 Å². The van der Waals surface area contributed by atoms with Crippen LogP contribution >= 0.6 is 11.6 Å². The van der Waals surface area contributed by atoms with E-state index >= 15 is 0 Å². The van der Waals surface area contributed by atoms with E-state index < -0.39 is 17.5 Å². The smallest absolute Gasteiger partial charge is 0.194 e. The molecule has 0 aliphatic heterocycles. The molecule has 0 N–H and O–H groups in total. The molecule has 0 aliphatic carbocycles. The van der Waals surface area contributed by atoms with Crippen molar-refractivity contribution in [2.45, 2.75) is 5.88 Å². The minimum Gasteiger partial charge on any atom is -0.218 e. The maximum atomic E-state index is 13.0. The van der Waals surface area contributed by atoms with Gasteiger partial charge in [-0.2, -0.15) is 5.10 Å². The van der Waals surface area contributed by atoms with Crippen LogP contribution in [-0.2, 0) is 5.88 Å². The largest absolute Gasteiger partial charge is 0.218 e. The molecule has 3 nitrogen and oxygen atoms in total. The van der Waals surface area contributed by atoms with Crippen LogP contribution in [0.25, 0.3) is 5.69 Å². The number of rotatable bonds is 2. The highest BCUT2D eigenvalue weighted by Gasteiger charge is 2.13. The quantitative estimate of drug-likeness (QED) is 0.603. The average Bonchev–Trinajstić information content (AvgIpc) is 2.73. The maximum absolute atomic E-state index is 13.0. The molecule has 0 spiro atoms. The van der Waals surface area contributed by atoms with Crippen molar-refractivity contribution in [3.63, 3.8) is 0 Å². The van der Waals surface area contributed by atoms with Crippen LogP contribution in [0.4, 0.5) is 13.2 Å². The van der Waals surface area contributed by atoms with Gasteiger partial charge in [0.25, 0.3) is 0 Å². The molecule has 2 aromatic rings. The normalized spacial score (nSPS) is 10.8. The lowest BCUT2D eigenvalue weighted by molar-refractivity contribution is 0.446. The third kappa shape index (κ3) is 1.76. The van der Waals surface area contributed by atoms with E-state index in [9.17, 15) is 13.2 Å². The fourth-order valence-electron chi connectivity index (χ4n) is 1.24. The summed E-state index contributed by atoms with van der Waals surface area (Å²) in [5, 5.41) is 3.73. The molecule has 0 unspecified atom stereocenters. The Kier molecular flexibility index (Phi) is 2.82. The Labute approximate surface area is 93.5 Å². The first-order valence-electron chi connectivity index (χ1n) is 4.23. The van der Waals surface area contributed by atoms with E-state index in [0.29, 0.717) is 5.82 Å². The number of hydrogen-bond donors (Lipinski definition) is 0. The molecule has 0 bridgehead atoms. The van der Waals surface area contributed by atoms with Gasteiger partial charge in [-0.05, 0) is 0 Å². The lowest BCUT2D eigenvalue weighted by Gasteiger charge is -2.05. The number of aromatic nitrogens is 3. The van der Waals surface area contributed by atoms with Gasteiger partial charge in [-0.25, -0.2) is 22.8 Å². The van der Waals surface area contributed by atoms with Crippen molar-refractivity contribution in [3.8, 4) is 5.69 Å². The van der Waals surface area contributed by atoms with E-state index in [1.54, 1.807) is 0 Å². The van der Waals surface area contributed by atoms with Gasteiger partial charge in [0.1, 0.15) is 12.2 Å². The van der Waals surface area contributed by atoms with Crippen LogP contribution in [0.15, 0.2) is 18.5 Å². The molecule has 0 radical (unpaired) electrons. The number of alkyl halides is 1. The highest BCUT2D eigenvalue weighted by molar-refractivity contribution is 6.16.